The monoisotopic (exact) mass is 341 g/mol. The predicted molar refractivity (Wildman–Crippen MR) is 96.4 cm³/mol. The second-order valence-electron chi connectivity index (χ2n) is 7.69. The average Bonchev–Trinajstić information content (AvgIpc) is 2.89. The van der Waals surface area contributed by atoms with Crippen molar-refractivity contribution in [2.75, 3.05) is 40.5 Å². The highest BCUT2D eigenvalue weighted by atomic mass is 16.5. The molecule has 5 nitrogen and oxygen atoms in total. The van der Waals surface area contributed by atoms with Crippen LogP contribution >= 0.6 is 0 Å². The maximum absolute atomic E-state index is 12.0. The molecule has 0 saturated carbocycles. The number of carbonyl (C=O) groups excluding carboxylic acids is 2. The summed E-state index contributed by atoms with van der Waals surface area (Å²) in [5.41, 5.74) is 0. The fourth-order valence-electron chi connectivity index (χ4n) is 3.18. The lowest BCUT2D eigenvalue weighted by Crippen LogP contribution is -2.51. The van der Waals surface area contributed by atoms with E-state index in [1.807, 2.05) is 19.0 Å². The molecule has 1 saturated heterocycles. The van der Waals surface area contributed by atoms with Crippen molar-refractivity contribution in [2.24, 2.45) is 0 Å². The van der Waals surface area contributed by atoms with Gasteiger partial charge < -0.3 is 9.22 Å². The molecule has 0 bridgehead atoms. The molecular weight excluding hydrogens is 304 g/mol. The lowest BCUT2D eigenvalue weighted by Gasteiger charge is -2.32. The molecule has 0 atom stereocenters. The van der Waals surface area contributed by atoms with E-state index < -0.39 is 0 Å². The van der Waals surface area contributed by atoms with Gasteiger partial charge in [-0.15, -0.1) is 0 Å². The van der Waals surface area contributed by atoms with Gasteiger partial charge in [0.2, 0.25) is 5.91 Å². The van der Waals surface area contributed by atoms with Gasteiger partial charge in [0.15, 0.2) is 13.2 Å². The van der Waals surface area contributed by atoms with Gasteiger partial charge in [-0.05, 0) is 12.8 Å². The third-order valence-corrected chi connectivity index (χ3v) is 4.54. The van der Waals surface area contributed by atoms with E-state index in [1.165, 1.54) is 38.5 Å². The number of ether oxygens (including phenoxy) is 1. The molecule has 5 heteroatoms. The lowest BCUT2D eigenvalue weighted by molar-refractivity contribution is -0.891. The molecule has 0 spiro atoms. The first kappa shape index (κ1) is 20.9. The summed E-state index contributed by atoms with van der Waals surface area (Å²) < 4.78 is 5.83. The smallest absolute Gasteiger partial charge is 0.361 e. The predicted octanol–water partition coefficient (Wildman–Crippen LogP) is 3.33. The Hall–Kier alpha value is -1.10. The minimum atomic E-state index is -0.158. The highest BCUT2D eigenvalue weighted by Gasteiger charge is 2.29. The summed E-state index contributed by atoms with van der Waals surface area (Å²) in [4.78, 5) is 25.5. The lowest BCUT2D eigenvalue weighted by atomic mass is 10.1. The Morgan fingerprint density at radius 3 is 2.29 bits per heavy atom. The van der Waals surface area contributed by atoms with Crippen molar-refractivity contribution in [3.8, 4) is 0 Å². The largest absolute Gasteiger partial charge is 0.462 e. The first-order valence-electron chi connectivity index (χ1n) is 9.70. The van der Waals surface area contributed by atoms with Crippen LogP contribution in [0.2, 0.25) is 0 Å². The van der Waals surface area contributed by atoms with Gasteiger partial charge >= 0.3 is 5.97 Å². The van der Waals surface area contributed by atoms with Gasteiger partial charge in [0, 0.05) is 13.0 Å². The highest BCUT2D eigenvalue weighted by molar-refractivity contribution is 5.77. The van der Waals surface area contributed by atoms with E-state index in [4.69, 9.17) is 4.74 Å². The first-order chi connectivity index (χ1) is 11.4. The van der Waals surface area contributed by atoms with Crippen LogP contribution in [0.25, 0.3) is 0 Å². The molecule has 1 heterocycles. The van der Waals surface area contributed by atoms with Crippen molar-refractivity contribution in [1.82, 2.24) is 4.90 Å². The highest BCUT2D eigenvalue weighted by Crippen LogP contribution is 2.13. The number of nitrogens with zero attached hydrogens (tertiary/aromatic N) is 2. The third-order valence-electron chi connectivity index (χ3n) is 4.54. The maximum Gasteiger partial charge on any atom is 0.361 e. The normalized spacial score (nSPS) is 15.1. The summed E-state index contributed by atoms with van der Waals surface area (Å²) >= 11 is 0. The molecule has 24 heavy (non-hydrogen) atoms. The molecule has 1 amide bonds. The van der Waals surface area contributed by atoms with Crippen molar-refractivity contribution in [3.05, 3.63) is 0 Å². The van der Waals surface area contributed by atoms with E-state index in [9.17, 15) is 9.59 Å². The Balaban J connectivity index is 2.05. The van der Waals surface area contributed by atoms with Crippen LogP contribution in [0.4, 0.5) is 0 Å². The molecule has 0 radical (unpaired) electrons. The molecule has 0 N–H and O–H groups in total. The molecule has 1 aliphatic heterocycles. The van der Waals surface area contributed by atoms with Gasteiger partial charge in [-0.25, -0.2) is 4.79 Å². The summed E-state index contributed by atoms with van der Waals surface area (Å²) in [7, 11) is 3.95. The molecule has 1 aliphatic rings. The Kier molecular flexibility index (Phi) is 9.99. The third kappa shape index (κ3) is 9.26. The van der Waals surface area contributed by atoms with Crippen LogP contribution in [0.1, 0.15) is 71.1 Å². The molecule has 0 aromatic heterocycles. The Labute approximate surface area is 147 Å². The summed E-state index contributed by atoms with van der Waals surface area (Å²) in [5, 5.41) is 0. The van der Waals surface area contributed by atoms with Gasteiger partial charge in [0.05, 0.1) is 20.7 Å². The van der Waals surface area contributed by atoms with Crippen LogP contribution in [-0.2, 0) is 14.3 Å². The average molecular weight is 342 g/mol. The molecule has 1 rings (SSSR count). The van der Waals surface area contributed by atoms with E-state index in [0.29, 0.717) is 30.7 Å². The van der Waals surface area contributed by atoms with E-state index in [-0.39, 0.29) is 11.9 Å². The summed E-state index contributed by atoms with van der Waals surface area (Å²) in [6, 6.07) is 0. The van der Waals surface area contributed by atoms with Gasteiger partial charge in [-0.2, -0.15) is 0 Å². The first-order valence-corrected chi connectivity index (χ1v) is 9.70. The number of carbonyl (C=O) groups is 2. The number of likely N-dealkylation sites (N-methyl/N-ethyl adjacent to an activating group) is 1. The van der Waals surface area contributed by atoms with Crippen LogP contribution < -0.4 is 0 Å². The number of esters is 1. The van der Waals surface area contributed by atoms with Crippen molar-refractivity contribution in [3.63, 3.8) is 0 Å². The van der Waals surface area contributed by atoms with Gasteiger partial charge in [0.1, 0.15) is 0 Å². The van der Waals surface area contributed by atoms with Gasteiger partial charge in [0.25, 0.3) is 0 Å². The van der Waals surface area contributed by atoms with Gasteiger partial charge in [-0.3, -0.25) is 9.69 Å². The fraction of sp³-hybridized carbons (Fsp3) is 0.895. The minimum Gasteiger partial charge on any atom is -0.462 e. The standard InChI is InChI=1S/C19H37N2O3/c1-4-5-6-7-8-9-10-11-15-24-19(23)16-21(2,3)17-20-14-12-13-18(20)22/h4-17H2,1-3H3/q+1. The summed E-state index contributed by atoms with van der Waals surface area (Å²) in [6.45, 7) is 4.48. The van der Waals surface area contributed by atoms with Crippen LogP contribution in [0, 0.1) is 0 Å². The van der Waals surface area contributed by atoms with Crippen LogP contribution in [0.3, 0.4) is 0 Å². The Bertz CT molecular complexity index is 383. The van der Waals surface area contributed by atoms with Crippen molar-refractivity contribution < 1.29 is 18.8 Å². The number of rotatable bonds is 13. The zero-order valence-electron chi connectivity index (χ0n) is 16.0. The molecule has 1 fully saturated rings. The molecule has 0 unspecified atom stereocenters. The zero-order chi connectivity index (χ0) is 17.8. The topological polar surface area (TPSA) is 46.6 Å². The molecule has 0 aromatic carbocycles. The zero-order valence-corrected chi connectivity index (χ0v) is 16.0. The number of hydrogen-bond acceptors (Lipinski definition) is 3. The second-order valence-corrected chi connectivity index (χ2v) is 7.69. The molecule has 0 aromatic rings. The number of hydrogen-bond donors (Lipinski definition) is 0. The molecular formula is C19H37N2O3+. The fourth-order valence-corrected chi connectivity index (χ4v) is 3.18. The number of quaternary nitrogens is 1. The number of amides is 1. The van der Waals surface area contributed by atoms with Crippen molar-refractivity contribution in [2.45, 2.75) is 71.1 Å². The molecule has 140 valence electrons. The quantitative estimate of drug-likeness (QED) is 0.293. The number of unbranched alkanes of at least 4 members (excludes halogenated alkanes) is 7. The van der Waals surface area contributed by atoms with Crippen LogP contribution in [-0.4, -0.2) is 61.7 Å². The van der Waals surface area contributed by atoms with E-state index in [2.05, 4.69) is 6.92 Å². The maximum atomic E-state index is 12.0. The van der Waals surface area contributed by atoms with E-state index >= 15 is 0 Å². The van der Waals surface area contributed by atoms with Crippen LogP contribution in [0.5, 0.6) is 0 Å². The Morgan fingerprint density at radius 2 is 1.71 bits per heavy atom. The Morgan fingerprint density at radius 1 is 1.08 bits per heavy atom. The van der Waals surface area contributed by atoms with Crippen molar-refractivity contribution >= 4 is 11.9 Å². The van der Waals surface area contributed by atoms with Crippen LogP contribution in [0.15, 0.2) is 0 Å². The number of likely N-dealkylation sites (tertiary alicyclic amines) is 1. The summed E-state index contributed by atoms with van der Waals surface area (Å²) in [6.07, 6.45) is 11.5. The van der Waals surface area contributed by atoms with Gasteiger partial charge in [-0.1, -0.05) is 51.9 Å². The minimum absolute atomic E-state index is 0.158. The second kappa shape index (κ2) is 11.5. The van der Waals surface area contributed by atoms with E-state index in [1.54, 1.807) is 0 Å². The SMILES string of the molecule is CCCCCCCCCCOC(=O)C[N+](C)(C)CN1CCCC1=O. The summed E-state index contributed by atoms with van der Waals surface area (Å²) in [5.74, 6) is 0.0445. The van der Waals surface area contributed by atoms with E-state index in [0.717, 1.165) is 25.8 Å². The van der Waals surface area contributed by atoms with Crippen molar-refractivity contribution in [1.29, 1.82) is 0 Å². The molecule has 0 aliphatic carbocycles.